The van der Waals surface area contributed by atoms with E-state index in [1.165, 1.54) is 11.3 Å². The fourth-order valence-electron chi connectivity index (χ4n) is 2.63. The minimum Gasteiger partial charge on any atom is -0.493 e. The van der Waals surface area contributed by atoms with Gasteiger partial charge in [-0.15, -0.1) is 0 Å². The Morgan fingerprint density at radius 1 is 1.32 bits per heavy atom. The molecule has 132 valence electrons. The number of nitrogens with one attached hydrogen (secondary N) is 2. The molecule has 0 fully saturated rings. The Morgan fingerprint density at radius 3 is 2.88 bits per heavy atom. The number of hydrogen-bond acceptors (Lipinski definition) is 6. The fourth-order valence-corrected chi connectivity index (χ4v) is 3.57. The Labute approximate surface area is 149 Å². The van der Waals surface area contributed by atoms with Crippen LogP contribution in [0.25, 0.3) is 0 Å². The maximum atomic E-state index is 12.3. The molecule has 2 N–H and O–H groups in total. The number of nitrogens with zero attached hydrogens (tertiary/aromatic N) is 1. The topological polar surface area (TPSA) is 89.5 Å². The second kappa shape index (κ2) is 7.52. The van der Waals surface area contributed by atoms with Gasteiger partial charge in [-0.1, -0.05) is 17.4 Å². The normalized spacial score (nSPS) is 13.4. The molecule has 0 saturated heterocycles. The van der Waals surface area contributed by atoms with Crippen LogP contribution >= 0.6 is 11.3 Å². The lowest BCUT2D eigenvalue weighted by Gasteiger charge is -2.09. The number of ether oxygens (including phenoxy) is 2. The zero-order valence-electron chi connectivity index (χ0n) is 14.0. The van der Waals surface area contributed by atoms with Crippen LogP contribution in [0, 0.1) is 0 Å². The summed E-state index contributed by atoms with van der Waals surface area (Å²) in [6.45, 7) is 0.656. The molecule has 1 aromatic carbocycles. The summed E-state index contributed by atoms with van der Waals surface area (Å²) in [6, 6.07) is 5.34. The number of amides is 2. The summed E-state index contributed by atoms with van der Waals surface area (Å²) >= 11 is 1.21. The van der Waals surface area contributed by atoms with Crippen LogP contribution in [0.1, 0.15) is 27.3 Å². The molecule has 7 nitrogen and oxygen atoms in total. The van der Waals surface area contributed by atoms with Crippen LogP contribution in [0.4, 0.5) is 5.13 Å². The molecule has 1 aromatic heterocycles. The minimum absolute atomic E-state index is 0.120. The second-order valence-corrected chi connectivity index (χ2v) is 6.57. The van der Waals surface area contributed by atoms with Crippen LogP contribution in [0.2, 0.25) is 0 Å². The highest BCUT2D eigenvalue weighted by atomic mass is 32.1. The van der Waals surface area contributed by atoms with Crippen LogP contribution in [0.5, 0.6) is 11.5 Å². The lowest BCUT2D eigenvalue weighted by molar-refractivity contribution is -0.115. The number of anilines is 1. The number of carbonyl (C=O) groups excluding carboxylic acids is 2. The molecule has 0 saturated carbocycles. The first kappa shape index (κ1) is 17.2. The molecule has 8 heteroatoms. The predicted octanol–water partition coefficient (Wildman–Crippen LogP) is 2.02. The zero-order chi connectivity index (χ0) is 17.8. The van der Waals surface area contributed by atoms with E-state index >= 15 is 0 Å². The van der Waals surface area contributed by atoms with Gasteiger partial charge in [0.05, 0.1) is 26.3 Å². The van der Waals surface area contributed by atoms with Crippen LogP contribution < -0.4 is 20.1 Å². The molecule has 0 atom stereocenters. The Bertz CT molecular complexity index is 803. The first-order chi connectivity index (χ1) is 12.1. The van der Waals surface area contributed by atoms with E-state index in [-0.39, 0.29) is 18.2 Å². The van der Waals surface area contributed by atoms with Gasteiger partial charge in [-0.05, 0) is 30.5 Å². The maximum absolute atomic E-state index is 12.3. The van der Waals surface area contributed by atoms with E-state index in [9.17, 15) is 9.59 Å². The van der Waals surface area contributed by atoms with Crippen molar-refractivity contribution >= 4 is 28.3 Å². The molecule has 25 heavy (non-hydrogen) atoms. The van der Waals surface area contributed by atoms with Crippen molar-refractivity contribution in [3.8, 4) is 11.5 Å². The largest absolute Gasteiger partial charge is 0.493 e. The number of fused-ring (bicyclic) bond motifs is 1. The summed E-state index contributed by atoms with van der Waals surface area (Å²) in [5.41, 5.74) is 1.55. The Kier molecular flexibility index (Phi) is 5.18. The lowest BCUT2D eigenvalue weighted by atomic mass is 10.1. The number of thiazole rings is 1. The predicted molar refractivity (Wildman–Crippen MR) is 94.6 cm³/mol. The van der Waals surface area contributed by atoms with Gasteiger partial charge in [0.15, 0.2) is 16.6 Å². The summed E-state index contributed by atoms with van der Waals surface area (Å²) in [4.78, 5) is 29.2. The van der Waals surface area contributed by atoms with E-state index in [1.54, 1.807) is 26.4 Å². The number of carbonyl (C=O) groups is 2. The SMILES string of the molecule is COc1ccc(CC(=O)Nc2nc3c(s2)C(=O)NCCC3)cc1OC. The van der Waals surface area contributed by atoms with Gasteiger partial charge >= 0.3 is 0 Å². The van der Waals surface area contributed by atoms with Gasteiger partial charge < -0.3 is 20.1 Å². The molecular weight excluding hydrogens is 342 g/mol. The molecular formula is C17H19N3O4S. The number of aryl methyl sites for hydroxylation is 1. The third kappa shape index (κ3) is 3.90. The number of hydrogen-bond donors (Lipinski definition) is 2. The molecule has 0 aliphatic carbocycles. The van der Waals surface area contributed by atoms with Crippen molar-refractivity contribution in [1.82, 2.24) is 10.3 Å². The van der Waals surface area contributed by atoms with E-state index < -0.39 is 0 Å². The van der Waals surface area contributed by atoms with E-state index in [1.807, 2.05) is 6.07 Å². The molecule has 0 bridgehead atoms. The highest BCUT2D eigenvalue weighted by Crippen LogP contribution is 2.28. The lowest BCUT2D eigenvalue weighted by Crippen LogP contribution is -2.21. The van der Waals surface area contributed by atoms with Crippen LogP contribution in [-0.2, 0) is 17.6 Å². The van der Waals surface area contributed by atoms with Crippen molar-refractivity contribution in [2.75, 3.05) is 26.1 Å². The fraction of sp³-hybridized carbons (Fsp3) is 0.353. The van der Waals surface area contributed by atoms with Crippen LogP contribution in [0.15, 0.2) is 18.2 Å². The Balaban J connectivity index is 1.69. The molecule has 0 spiro atoms. The van der Waals surface area contributed by atoms with Gasteiger partial charge in [0.1, 0.15) is 4.88 Å². The molecule has 0 radical (unpaired) electrons. The first-order valence-corrected chi connectivity index (χ1v) is 8.71. The average Bonchev–Trinajstić information content (AvgIpc) is 2.92. The number of aromatic nitrogens is 1. The van der Waals surface area contributed by atoms with Gasteiger partial charge in [-0.2, -0.15) is 0 Å². The number of methoxy groups -OCH3 is 2. The highest BCUT2D eigenvalue weighted by Gasteiger charge is 2.21. The van der Waals surface area contributed by atoms with Gasteiger partial charge in [0.2, 0.25) is 5.91 Å². The Morgan fingerprint density at radius 2 is 2.12 bits per heavy atom. The molecule has 2 aromatic rings. The summed E-state index contributed by atoms with van der Waals surface area (Å²) in [5.74, 6) is 0.869. The Hall–Kier alpha value is -2.61. The van der Waals surface area contributed by atoms with Crippen molar-refractivity contribution in [2.24, 2.45) is 0 Å². The van der Waals surface area contributed by atoms with Crippen molar-refractivity contribution in [3.63, 3.8) is 0 Å². The van der Waals surface area contributed by atoms with Crippen molar-refractivity contribution < 1.29 is 19.1 Å². The standard InChI is InChI=1S/C17H19N3O4S/c1-23-12-6-5-10(8-13(12)24-2)9-14(21)20-17-19-11-4-3-7-18-16(22)15(11)25-17/h5-6,8H,3-4,7,9H2,1-2H3,(H,18,22)(H,19,20,21). The number of benzene rings is 1. The van der Waals surface area contributed by atoms with Crippen molar-refractivity contribution in [3.05, 3.63) is 34.3 Å². The van der Waals surface area contributed by atoms with E-state index in [0.29, 0.717) is 28.1 Å². The summed E-state index contributed by atoms with van der Waals surface area (Å²) in [5, 5.41) is 6.05. The minimum atomic E-state index is -0.198. The van der Waals surface area contributed by atoms with Gasteiger partial charge in [0.25, 0.3) is 5.91 Å². The molecule has 1 aliphatic heterocycles. The quantitative estimate of drug-likeness (QED) is 0.850. The maximum Gasteiger partial charge on any atom is 0.263 e. The molecule has 0 unspecified atom stereocenters. The summed E-state index contributed by atoms with van der Waals surface area (Å²) < 4.78 is 10.4. The second-order valence-electron chi connectivity index (χ2n) is 5.57. The zero-order valence-corrected chi connectivity index (χ0v) is 14.9. The van der Waals surface area contributed by atoms with Crippen molar-refractivity contribution in [1.29, 1.82) is 0 Å². The van der Waals surface area contributed by atoms with E-state index in [0.717, 1.165) is 24.1 Å². The van der Waals surface area contributed by atoms with E-state index in [4.69, 9.17) is 9.47 Å². The summed E-state index contributed by atoms with van der Waals surface area (Å²) in [6.07, 6.45) is 1.76. The molecule has 3 rings (SSSR count). The monoisotopic (exact) mass is 361 g/mol. The van der Waals surface area contributed by atoms with Crippen LogP contribution in [-0.4, -0.2) is 37.6 Å². The van der Waals surface area contributed by atoms with Gasteiger partial charge in [-0.25, -0.2) is 4.98 Å². The van der Waals surface area contributed by atoms with Gasteiger partial charge in [0, 0.05) is 6.54 Å². The smallest absolute Gasteiger partial charge is 0.263 e. The average molecular weight is 361 g/mol. The highest BCUT2D eigenvalue weighted by molar-refractivity contribution is 7.17. The van der Waals surface area contributed by atoms with Crippen LogP contribution in [0.3, 0.4) is 0 Å². The molecule has 1 aliphatic rings. The van der Waals surface area contributed by atoms with Crippen molar-refractivity contribution in [2.45, 2.75) is 19.3 Å². The van der Waals surface area contributed by atoms with Gasteiger partial charge in [-0.3, -0.25) is 9.59 Å². The number of rotatable bonds is 5. The van der Waals surface area contributed by atoms with E-state index in [2.05, 4.69) is 15.6 Å². The molecule has 2 amide bonds. The third-order valence-corrected chi connectivity index (χ3v) is 4.85. The summed E-state index contributed by atoms with van der Waals surface area (Å²) in [7, 11) is 3.11. The third-order valence-electron chi connectivity index (χ3n) is 3.84. The molecule has 2 heterocycles. The first-order valence-electron chi connectivity index (χ1n) is 7.89.